The Bertz CT molecular complexity index is 384. The molecule has 0 unspecified atom stereocenters. The summed E-state index contributed by atoms with van der Waals surface area (Å²) in [7, 11) is 0. The first-order chi connectivity index (χ1) is 7.20. The van der Waals surface area contributed by atoms with Gasteiger partial charge in [0.15, 0.2) is 0 Å². The summed E-state index contributed by atoms with van der Waals surface area (Å²) in [6.07, 6.45) is 3.82. The van der Waals surface area contributed by atoms with E-state index in [1.165, 1.54) is 0 Å². The van der Waals surface area contributed by atoms with E-state index in [0.29, 0.717) is 5.56 Å². The Labute approximate surface area is 88.6 Å². The number of carbonyl (C=O) groups is 1. The molecule has 80 valence electrons. The summed E-state index contributed by atoms with van der Waals surface area (Å²) in [6.45, 7) is 3.74. The third-order valence-corrected chi connectivity index (χ3v) is 2.76. The lowest BCUT2D eigenvalue weighted by molar-refractivity contribution is 0.0697. The Kier molecular flexibility index (Phi) is 2.58. The molecule has 2 heterocycles. The van der Waals surface area contributed by atoms with Crippen molar-refractivity contribution >= 4 is 11.7 Å². The highest BCUT2D eigenvalue weighted by Gasteiger charge is 2.21. The van der Waals surface area contributed by atoms with Gasteiger partial charge in [0.2, 0.25) is 0 Å². The number of carboxylic acids is 1. The minimum absolute atomic E-state index is 0.365. The number of pyridine rings is 1. The maximum Gasteiger partial charge on any atom is 0.337 e. The van der Waals surface area contributed by atoms with Crippen LogP contribution in [0.1, 0.15) is 28.9 Å². The van der Waals surface area contributed by atoms with Gasteiger partial charge in [-0.3, -0.25) is 4.98 Å². The van der Waals surface area contributed by atoms with Gasteiger partial charge in [0.05, 0.1) is 16.9 Å². The molecule has 0 atom stereocenters. The molecule has 2 rings (SSSR count). The number of carboxylic acid groups (broad SMARTS) is 1. The molecule has 1 fully saturated rings. The molecule has 0 saturated carbocycles. The van der Waals surface area contributed by atoms with Crippen molar-refractivity contribution in [2.45, 2.75) is 19.8 Å². The fourth-order valence-electron chi connectivity index (χ4n) is 2.07. The van der Waals surface area contributed by atoms with E-state index in [-0.39, 0.29) is 0 Å². The molecule has 15 heavy (non-hydrogen) atoms. The molecule has 1 aromatic heterocycles. The van der Waals surface area contributed by atoms with Crippen molar-refractivity contribution in [2.75, 3.05) is 18.0 Å². The standard InChI is InChI=1S/C11H14N2O2/c1-8-10(13-6-2-3-7-13)9(11(14)15)4-5-12-8/h4-5H,2-3,6-7H2,1H3,(H,14,15). The third-order valence-electron chi connectivity index (χ3n) is 2.76. The van der Waals surface area contributed by atoms with Crippen molar-refractivity contribution in [1.29, 1.82) is 0 Å². The zero-order chi connectivity index (χ0) is 10.8. The molecule has 0 bridgehead atoms. The van der Waals surface area contributed by atoms with E-state index < -0.39 is 5.97 Å². The molecular formula is C11H14N2O2. The van der Waals surface area contributed by atoms with Crippen molar-refractivity contribution in [3.63, 3.8) is 0 Å². The summed E-state index contributed by atoms with van der Waals surface area (Å²) in [4.78, 5) is 17.4. The number of aryl methyl sites for hydroxylation is 1. The molecule has 0 radical (unpaired) electrons. The molecule has 1 aliphatic heterocycles. The Hall–Kier alpha value is -1.58. The van der Waals surface area contributed by atoms with Gasteiger partial charge in [-0.05, 0) is 25.8 Å². The number of aromatic carboxylic acids is 1. The molecule has 0 aliphatic carbocycles. The van der Waals surface area contributed by atoms with Crippen molar-refractivity contribution in [2.24, 2.45) is 0 Å². The van der Waals surface area contributed by atoms with Crippen LogP contribution in [0.5, 0.6) is 0 Å². The van der Waals surface area contributed by atoms with Crippen molar-refractivity contribution < 1.29 is 9.90 Å². The maximum atomic E-state index is 11.1. The maximum absolute atomic E-state index is 11.1. The molecule has 4 nitrogen and oxygen atoms in total. The van der Waals surface area contributed by atoms with Crippen LogP contribution in [0.4, 0.5) is 5.69 Å². The second-order valence-corrected chi connectivity index (χ2v) is 3.79. The van der Waals surface area contributed by atoms with Crippen LogP contribution in [0.3, 0.4) is 0 Å². The largest absolute Gasteiger partial charge is 0.478 e. The Morgan fingerprint density at radius 1 is 1.47 bits per heavy atom. The first-order valence-corrected chi connectivity index (χ1v) is 5.14. The van der Waals surface area contributed by atoms with Crippen molar-refractivity contribution in [3.05, 3.63) is 23.5 Å². The van der Waals surface area contributed by atoms with Crippen molar-refractivity contribution in [1.82, 2.24) is 4.98 Å². The summed E-state index contributed by atoms with van der Waals surface area (Å²) in [5.74, 6) is -0.873. The highest BCUT2D eigenvalue weighted by molar-refractivity contribution is 5.95. The minimum Gasteiger partial charge on any atom is -0.478 e. The van der Waals surface area contributed by atoms with Crippen LogP contribution in [0.2, 0.25) is 0 Å². The van der Waals surface area contributed by atoms with Gasteiger partial charge in [0.25, 0.3) is 0 Å². The van der Waals surface area contributed by atoms with E-state index >= 15 is 0 Å². The molecule has 4 heteroatoms. The smallest absolute Gasteiger partial charge is 0.337 e. The average molecular weight is 206 g/mol. The first kappa shape index (κ1) is 9.96. The van der Waals surface area contributed by atoms with Gasteiger partial charge in [-0.2, -0.15) is 0 Å². The van der Waals surface area contributed by atoms with Gasteiger partial charge < -0.3 is 10.0 Å². The number of hydrogen-bond donors (Lipinski definition) is 1. The zero-order valence-corrected chi connectivity index (χ0v) is 8.73. The predicted molar refractivity (Wildman–Crippen MR) is 57.4 cm³/mol. The molecule has 1 saturated heterocycles. The molecule has 1 aromatic rings. The summed E-state index contributed by atoms with van der Waals surface area (Å²) < 4.78 is 0. The predicted octanol–water partition coefficient (Wildman–Crippen LogP) is 1.69. The molecule has 1 aliphatic rings. The van der Waals surface area contributed by atoms with Crippen LogP contribution >= 0.6 is 0 Å². The SMILES string of the molecule is Cc1nccc(C(=O)O)c1N1CCCC1. The molecule has 0 aromatic carbocycles. The van der Waals surface area contributed by atoms with Crippen LogP contribution in [0, 0.1) is 6.92 Å². The number of aromatic nitrogens is 1. The van der Waals surface area contributed by atoms with Gasteiger partial charge in [0.1, 0.15) is 0 Å². The molecule has 0 spiro atoms. The lowest BCUT2D eigenvalue weighted by atomic mass is 10.1. The first-order valence-electron chi connectivity index (χ1n) is 5.14. The van der Waals surface area contributed by atoms with Gasteiger partial charge in [-0.1, -0.05) is 0 Å². The van der Waals surface area contributed by atoms with Crippen LogP contribution in [-0.2, 0) is 0 Å². The lowest BCUT2D eigenvalue weighted by Gasteiger charge is -2.21. The molecular weight excluding hydrogens is 192 g/mol. The molecule has 0 amide bonds. The van der Waals surface area contributed by atoms with E-state index in [4.69, 9.17) is 5.11 Å². The van der Waals surface area contributed by atoms with Gasteiger partial charge >= 0.3 is 5.97 Å². The van der Waals surface area contributed by atoms with E-state index in [9.17, 15) is 4.79 Å². The van der Waals surface area contributed by atoms with E-state index in [1.807, 2.05) is 6.92 Å². The normalized spacial score (nSPS) is 15.7. The fourth-order valence-corrected chi connectivity index (χ4v) is 2.07. The summed E-state index contributed by atoms with van der Waals surface area (Å²) in [5, 5.41) is 9.10. The van der Waals surface area contributed by atoms with Gasteiger partial charge in [-0.15, -0.1) is 0 Å². The number of nitrogens with zero attached hydrogens (tertiary/aromatic N) is 2. The highest BCUT2D eigenvalue weighted by Crippen LogP contribution is 2.26. The highest BCUT2D eigenvalue weighted by atomic mass is 16.4. The number of rotatable bonds is 2. The van der Waals surface area contributed by atoms with Crippen LogP contribution < -0.4 is 4.90 Å². The number of hydrogen-bond acceptors (Lipinski definition) is 3. The van der Waals surface area contributed by atoms with Crippen molar-refractivity contribution in [3.8, 4) is 0 Å². The van der Waals surface area contributed by atoms with Gasteiger partial charge in [0, 0.05) is 19.3 Å². The van der Waals surface area contributed by atoms with E-state index in [1.54, 1.807) is 12.3 Å². The second-order valence-electron chi connectivity index (χ2n) is 3.79. The van der Waals surface area contributed by atoms with Gasteiger partial charge in [-0.25, -0.2) is 4.79 Å². The summed E-state index contributed by atoms with van der Waals surface area (Å²) in [6, 6.07) is 1.57. The topological polar surface area (TPSA) is 53.4 Å². The third kappa shape index (κ3) is 1.79. The van der Waals surface area contributed by atoms with Crippen LogP contribution in [0.15, 0.2) is 12.3 Å². The van der Waals surface area contributed by atoms with E-state index in [2.05, 4.69) is 9.88 Å². The van der Waals surface area contributed by atoms with Crippen LogP contribution in [-0.4, -0.2) is 29.1 Å². The Morgan fingerprint density at radius 2 is 2.13 bits per heavy atom. The zero-order valence-electron chi connectivity index (χ0n) is 8.73. The minimum atomic E-state index is -0.873. The average Bonchev–Trinajstić information content (AvgIpc) is 2.70. The summed E-state index contributed by atoms with van der Waals surface area (Å²) in [5.41, 5.74) is 1.96. The molecule has 1 N–H and O–H groups in total. The quantitative estimate of drug-likeness (QED) is 0.800. The summed E-state index contributed by atoms with van der Waals surface area (Å²) >= 11 is 0. The monoisotopic (exact) mass is 206 g/mol. The Balaban J connectivity index is 2.46. The van der Waals surface area contributed by atoms with Crippen LogP contribution in [0.25, 0.3) is 0 Å². The fraction of sp³-hybridized carbons (Fsp3) is 0.455. The Morgan fingerprint density at radius 3 is 2.73 bits per heavy atom. The number of anilines is 1. The second kappa shape index (κ2) is 3.88. The van der Waals surface area contributed by atoms with E-state index in [0.717, 1.165) is 37.3 Å². The lowest BCUT2D eigenvalue weighted by Crippen LogP contribution is -2.22.